The Morgan fingerprint density at radius 1 is 1.69 bits per heavy atom. The van der Waals surface area contributed by atoms with E-state index in [4.69, 9.17) is 0 Å². The van der Waals surface area contributed by atoms with Crippen LogP contribution in [0, 0.1) is 0 Å². The molecule has 66 valence electrons. The van der Waals surface area contributed by atoms with Gasteiger partial charge in [0.25, 0.3) is 0 Å². The molecule has 4 nitrogen and oxygen atoms in total. The lowest BCUT2D eigenvalue weighted by Crippen LogP contribution is -2.14. The molecule has 0 aromatic carbocycles. The van der Waals surface area contributed by atoms with Gasteiger partial charge >= 0.3 is 5.69 Å². The van der Waals surface area contributed by atoms with Gasteiger partial charge in [0.1, 0.15) is 0 Å². The van der Waals surface area contributed by atoms with Crippen LogP contribution in [0.4, 0.5) is 0 Å². The lowest BCUT2D eigenvalue weighted by atomic mass is 10.4. The summed E-state index contributed by atoms with van der Waals surface area (Å²) in [7, 11) is 0. The average Bonchev–Trinajstić information content (AvgIpc) is 2.39. The Hall–Kier alpha value is -1.84. The summed E-state index contributed by atoms with van der Waals surface area (Å²) >= 11 is 0. The van der Waals surface area contributed by atoms with Gasteiger partial charge in [-0.1, -0.05) is 6.58 Å². The van der Waals surface area contributed by atoms with Gasteiger partial charge in [-0.05, 0) is 19.1 Å². The Morgan fingerprint density at radius 2 is 2.46 bits per heavy atom. The van der Waals surface area contributed by atoms with E-state index in [9.17, 15) is 4.79 Å². The van der Waals surface area contributed by atoms with Crippen LogP contribution in [0.5, 0.6) is 0 Å². The van der Waals surface area contributed by atoms with E-state index in [2.05, 4.69) is 16.5 Å². The zero-order valence-electron chi connectivity index (χ0n) is 7.24. The zero-order valence-corrected chi connectivity index (χ0v) is 7.24. The summed E-state index contributed by atoms with van der Waals surface area (Å²) < 4.78 is 1.45. The van der Waals surface area contributed by atoms with Crippen molar-refractivity contribution in [2.24, 2.45) is 0 Å². The number of pyridine rings is 1. The van der Waals surface area contributed by atoms with E-state index in [0.29, 0.717) is 11.3 Å². The third-order valence-corrected chi connectivity index (χ3v) is 1.82. The van der Waals surface area contributed by atoms with Crippen molar-refractivity contribution in [3.63, 3.8) is 0 Å². The van der Waals surface area contributed by atoms with Gasteiger partial charge in [0, 0.05) is 11.9 Å². The molecule has 0 atom stereocenters. The smallest absolute Gasteiger partial charge is 0.304 e. The van der Waals surface area contributed by atoms with Crippen LogP contribution in [0.25, 0.3) is 16.9 Å². The first-order valence-corrected chi connectivity index (χ1v) is 3.92. The number of nitrogens with zero attached hydrogens (tertiary/aromatic N) is 2. The molecule has 0 spiro atoms. The van der Waals surface area contributed by atoms with Crippen molar-refractivity contribution in [3.8, 4) is 0 Å². The fraction of sp³-hybridized carbons (Fsp3) is 0.111. The Bertz CT molecular complexity index is 521. The number of rotatable bonds is 1. The summed E-state index contributed by atoms with van der Waals surface area (Å²) in [5.74, 6) is 0. The number of hydrogen-bond donors (Lipinski definition) is 1. The van der Waals surface area contributed by atoms with E-state index in [0.717, 1.165) is 5.52 Å². The molecule has 0 aliphatic rings. The highest BCUT2D eigenvalue weighted by Gasteiger charge is 2.06. The summed E-state index contributed by atoms with van der Waals surface area (Å²) in [4.78, 5) is 18.2. The summed E-state index contributed by atoms with van der Waals surface area (Å²) in [6.07, 6.45) is 1.65. The lowest BCUT2D eigenvalue weighted by Gasteiger charge is -1.97. The molecule has 0 aliphatic heterocycles. The molecular formula is C9H9N3O. The van der Waals surface area contributed by atoms with E-state index in [1.54, 1.807) is 19.2 Å². The van der Waals surface area contributed by atoms with Crippen LogP contribution in [0.15, 0.2) is 29.7 Å². The number of aromatic amines is 1. The van der Waals surface area contributed by atoms with Crippen molar-refractivity contribution < 1.29 is 0 Å². The van der Waals surface area contributed by atoms with Gasteiger partial charge in [-0.15, -0.1) is 0 Å². The molecular weight excluding hydrogens is 166 g/mol. The SMILES string of the molecule is C=C(C)n1c(=O)[nH]c2cccnc21. The Balaban J connectivity index is 2.95. The van der Waals surface area contributed by atoms with Gasteiger partial charge < -0.3 is 4.98 Å². The van der Waals surface area contributed by atoms with E-state index >= 15 is 0 Å². The van der Waals surface area contributed by atoms with Crippen LogP contribution >= 0.6 is 0 Å². The molecule has 0 amide bonds. The van der Waals surface area contributed by atoms with Crippen molar-refractivity contribution in [1.82, 2.24) is 14.5 Å². The fourth-order valence-electron chi connectivity index (χ4n) is 1.29. The van der Waals surface area contributed by atoms with Crippen LogP contribution < -0.4 is 5.69 Å². The molecule has 0 bridgehead atoms. The fourth-order valence-corrected chi connectivity index (χ4v) is 1.29. The zero-order chi connectivity index (χ0) is 9.42. The highest BCUT2D eigenvalue weighted by atomic mass is 16.1. The summed E-state index contributed by atoms with van der Waals surface area (Å²) in [5.41, 5.74) is 1.83. The minimum absolute atomic E-state index is 0.193. The maximum atomic E-state index is 11.4. The van der Waals surface area contributed by atoms with Crippen LogP contribution in [0.3, 0.4) is 0 Å². The summed E-state index contributed by atoms with van der Waals surface area (Å²) in [5, 5.41) is 0. The highest BCUT2D eigenvalue weighted by Crippen LogP contribution is 2.08. The van der Waals surface area contributed by atoms with E-state index in [-0.39, 0.29) is 5.69 Å². The van der Waals surface area contributed by atoms with Gasteiger partial charge in [-0.2, -0.15) is 0 Å². The van der Waals surface area contributed by atoms with Gasteiger partial charge in [-0.25, -0.2) is 14.3 Å². The first-order valence-electron chi connectivity index (χ1n) is 3.92. The molecule has 0 unspecified atom stereocenters. The number of hydrogen-bond acceptors (Lipinski definition) is 2. The van der Waals surface area contributed by atoms with E-state index in [1.807, 2.05) is 6.07 Å². The van der Waals surface area contributed by atoms with Crippen molar-refractivity contribution >= 4 is 16.9 Å². The Labute approximate surface area is 74.5 Å². The number of fused-ring (bicyclic) bond motifs is 1. The minimum Gasteiger partial charge on any atom is -0.304 e. The minimum atomic E-state index is -0.193. The second-order valence-corrected chi connectivity index (χ2v) is 2.88. The first-order chi connectivity index (χ1) is 6.20. The van der Waals surface area contributed by atoms with Crippen molar-refractivity contribution in [2.45, 2.75) is 6.92 Å². The maximum absolute atomic E-state index is 11.4. The molecule has 2 aromatic rings. The number of nitrogens with one attached hydrogen (secondary N) is 1. The normalized spacial score (nSPS) is 10.5. The molecule has 4 heteroatoms. The third kappa shape index (κ3) is 1.07. The van der Waals surface area contributed by atoms with E-state index < -0.39 is 0 Å². The molecule has 2 heterocycles. The second-order valence-electron chi connectivity index (χ2n) is 2.88. The van der Waals surface area contributed by atoms with Crippen LogP contribution in [0.2, 0.25) is 0 Å². The largest absolute Gasteiger partial charge is 0.332 e. The Morgan fingerprint density at radius 3 is 3.15 bits per heavy atom. The topological polar surface area (TPSA) is 50.7 Å². The monoisotopic (exact) mass is 175 g/mol. The van der Waals surface area contributed by atoms with E-state index in [1.165, 1.54) is 4.57 Å². The number of imidazole rings is 1. The van der Waals surface area contributed by atoms with Gasteiger partial charge in [-0.3, -0.25) is 0 Å². The number of H-pyrrole nitrogens is 1. The molecule has 2 rings (SSSR count). The molecule has 0 aliphatic carbocycles. The first kappa shape index (κ1) is 7.79. The van der Waals surface area contributed by atoms with Crippen LogP contribution in [-0.4, -0.2) is 14.5 Å². The average molecular weight is 175 g/mol. The number of allylic oxidation sites excluding steroid dienone is 1. The molecule has 0 radical (unpaired) electrons. The second kappa shape index (κ2) is 2.58. The predicted molar refractivity (Wildman–Crippen MR) is 51.4 cm³/mol. The van der Waals surface area contributed by atoms with Crippen LogP contribution in [-0.2, 0) is 0 Å². The highest BCUT2D eigenvalue weighted by molar-refractivity contribution is 5.73. The van der Waals surface area contributed by atoms with Gasteiger partial charge in [0.2, 0.25) is 0 Å². The molecule has 0 saturated heterocycles. The quantitative estimate of drug-likeness (QED) is 0.708. The molecule has 1 N–H and O–H groups in total. The predicted octanol–water partition coefficient (Wildman–Crippen LogP) is 1.22. The molecule has 2 aromatic heterocycles. The molecule has 0 fully saturated rings. The summed E-state index contributed by atoms with van der Waals surface area (Å²) in [6, 6.07) is 3.59. The number of aromatic nitrogens is 3. The van der Waals surface area contributed by atoms with Gasteiger partial charge in [0.15, 0.2) is 5.65 Å². The third-order valence-electron chi connectivity index (χ3n) is 1.82. The maximum Gasteiger partial charge on any atom is 0.332 e. The molecule has 13 heavy (non-hydrogen) atoms. The lowest BCUT2D eigenvalue weighted by molar-refractivity contribution is 1.02. The van der Waals surface area contributed by atoms with Crippen molar-refractivity contribution in [1.29, 1.82) is 0 Å². The van der Waals surface area contributed by atoms with Crippen LogP contribution in [0.1, 0.15) is 6.92 Å². The molecule has 0 saturated carbocycles. The van der Waals surface area contributed by atoms with Gasteiger partial charge in [0.05, 0.1) is 5.52 Å². The van der Waals surface area contributed by atoms with Crippen molar-refractivity contribution in [2.75, 3.05) is 0 Å². The summed E-state index contributed by atoms with van der Waals surface area (Å²) in [6.45, 7) is 5.48. The van der Waals surface area contributed by atoms with Crippen molar-refractivity contribution in [3.05, 3.63) is 35.4 Å². The Kier molecular flexibility index (Phi) is 1.55. The standard InChI is InChI=1S/C9H9N3O/c1-6(2)12-8-7(11-9(12)13)4-3-5-10-8/h3-5H,1H2,2H3,(H,11,13).